The summed E-state index contributed by atoms with van der Waals surface area (Å²) < 4.78 is 4.50. The summed E-state index contributed by atoms with van der Waals surface area (Å²) in [5.41, 5.74) is 2.40. The average Bonchev–Trinajstić information content (AvgIpc) is 3.32. The van der Waals surface area contributed by atoms with Gasteiger partial charge in [-0.2, -0.15) is 5.10 Å². The Bertz CT molecular complexity index is 667. The van der Waals surface area contributed by atoms with Crippen LogP contribution in [0.1, 0.15) is 64.3 Å². The monoisotopic (exact) mass is 377 g/mol. The highest BCUT2D eigenvalue weighted by molar-refractivity contribution is 5.85. The van der Waals surface area contributed by atoms with Crippen LogP contribution in [0.25, 0.3) is 11.3 Å². The van der Waals surface area contributed by atoms with Gasteiger partial charge in [-0.1, -0.05) is 25.7 Å². The number of imidazole rings is 1. The van der Waals surface area contributed by atoms with Gasteiger partial charge in [0.15, 0.2) is 0 Å². The third kappa shape index (κ3) is 4.32. The minimum Gasteiger partial charge on any atom is -0.329 e. The molecule has 6 heteroatoms. The maximum Gasteiger partial charge on any atom is 0.0951 e. The molecule has 0 spiro atoms. The predicted octanol–water partition coefficient (Wildman–Crippen LogP) is 4.55. The van der Waals surface area contributed by atoms with E-state index in [-0.39, 0.29) is 12.4 Å². The number of aromatic nitrogens is 4. The number of halogens is 1. The molecule has 5 nitrogen and oxygen atoms in total. The van der Waals surface area contributed by atoms with E-state index < -0.39 is 0 Å². The van der Waals surface area contributed by atoms with E-state index in [0.717, 1.165) is 6.54 Å². The van der Waals surface area contributed by atoms with Gasteiger partial charge in [0.1, 0.15) is 0 Å². The molecule has 26 heavy (non-hydrogen) atoms. The molecule has 1 atom stereocenters. The number of piperidine rings is 1. The topological polar surface area (TPSA) is 38.9 Å². The van der Waals surface area contributed by atoms with Gasteiger partial charge in [-0.3, -0.25) is 9.58 Å². The molecule has 2 fully saturated rings. The van der Waals surface area contributed by atoms with E-state index in [2.05, 4.69) is 37.4 Å². The lowest BCUT2D eigenvalue weighted by atomic mass is 9.96. The van der Waals surface area contributed by atoms with Crippen molar-refractivity contribution >= 4 is 12.4 Å². The Kier molecular flexibility index (Phi) is 6.76. The molecule has 0 radical (unpaired) electrons. The van der Waals surface area contributed by atoms with Crippen LogP contribution in [-0.2, 0) is 6.54 Å². The molecule has 0 N–H and O–H groups in total. The first-order valence-corrected chi connectivity index (χ1v) is 10.1. The van der Waals surface area contributed by atoms with Crippen molar-refractivity contribution in [2.24, 2.45) is 0 Å². The molecule has 1 saturated heterocycles. The summed E-state index contributed by atoms with van der Waals surface area (Å²) in [6.45, 7) is 5.83. The Morgan fingerprint density at radius 2 is 1.77 bits per heavy atom. The quantitative estimate of drug-likeness (QED) is 0.767. The highest BCUT2D eigenvalue weighted by Crippen LogP contribution is 2.29. The lowest BCUT2D eigenvalue weighted by Crippen LogP contribution is -2.39. The van der Waals surface area contributed by atoms with Gasteiger partial charge in [-0.25, -0.2) is 4.98 Å². The lowest BCUT2D eigenvalue weighted by Gasteiger charge is -2.32. The third-order valence-electron chi connectivity index (χ3n) is 6.03. The molecular formula is C20H32ClN5. The zero-order chi connectivity index (χ0) is 17.1. The van der Waals surface area contributed by atoms with Crippen LogP contribution < -0.4 is 0 Å². The highest BCUT2D eigenvalue weighted by Gasteiger charge is 2.20. The van der Waals surface area contributed by atoms with Gasteiger partial charge in [0.2, 0.25) is 0 Å². The van der Waals surface area contributed by atoms with Crippen LogP contribution in [0.3, 0.4) is 0 Å². The first-order valence-electron chi connectivity index (χ1n) is 10.1. The van der Waals surface area contributed by atoms with Crippen molar-refractivity contribution in [1.82, 2.24) is 24.2 Å². The van der Waals surface area contributed by atoms with E-state index in [1.165, 1.54) is 75.7 Å². The number of hydrogen-bond acceptors (Lipinski definition) is 3. The Morgan fingerprint density at radius 3 is 2.54 bits per heavy atom. The second kappa shape index (κ2) is 9.05. The van der Waals surface area contributed by atoms with Crippen molar-refractivity contribution in [3.63, 3.8) is 0 Å². The van der Waals surface area contributed by atoms with E-state index in [1.54, 1.807) is 0 Å². The molecule has 2 aromatic rings. The van der Waals surface area contributed by atoms with Crippen molar-refractivity contribution < 1.29 is 0 Å². The number of rotatable bonds is 5. The standard InChI is InChI=1S/C20H31N5.ClH/c1-17(23-10-6-3-7-11-23)14-24-16-21-13-20(24)18-12-22-25(15-18)19-8-4-2-5-9-19;/h12-13,15-17,19H,2-11,14H2,1H3;1H. The van der Waals surface area contributed by atoms with Gasteiger partial charge >= 0.3 is 0 Å². The van der Waals surface area contributed by atoms with Gasteiger partial charge in [0, 0.05) is 24.3 Å². The molecule has 4 rings (SSSR count). The highest BCUT2D eigenvalue weighted by atomic mass is 35.5. The maximum atomic E-state index is 4.67. The zero-order valence-corrected chi connectivity index (χ0v) is 16.7. The summed E-state index contributed by atoms with van der Waals surface area (Å²) >= 11 is 0. The molecule has 0 bridgehead atoms. The summed E-state index contributed by atoms with van der Waals surface area (Å²) in [5, 5.41) is 4.67. The third-order valence-corrected chi connectivity index (χ3v) is 6.03. The molecule has 1 saturated carbocycles. The summed E-state index contributed by atoms with van der Waals surface area (Å²) in [7, 11) is 0. The van der Waals surface area contributed by atoms with Crippen LogP contribution in [0.15, 0.2) is 24.9 Å². The Balaban J connectivity index is 0.00000196. The Labute approximate surface area is 163 Å². The number of nitrogens with zero attached hydrogens (tertiary/aromatic N) is 5. The summed E-state index contributed by atoms with van der Waals surface area (Å²) in [6, 6.07) is 1.15. The van der Waals surface area contributed by atoms with Gasteiger partial charge in [0.05, 0.1) is 30.5 Å². The van der Waals surface area contributed by atoms with E-state index in [0.29, 0.717) is 12.1 Å². The van der Waals surface area contributed by atoms with Gasteiger partial charge in [-0.15, -0.1) is 12.4 Å². The summed E-state index contributed by atoms with van der Waals surface area (Å²) in [4.78, 5) is 7.05. The van der Waals surface area contributed by atoms with Crippen molar-refractivity contribution in [3.8, 4) is 11.3 Å². The first-order chi connectivity index (χ1) is 12.3. The van der Waals surface area contributed by atoms with Crippen molar-refractivity contribution in [2.45, 2.75) is 76.9 Å². The molecule has 0 aromatic carbocycles. The van der Waals surface area contributed by atoms with Crippen LogP contribution in [0, 0.1) is 0 Å². The molecule has 0 amide bonds. The molecule has 1 aliphatic heterocycles. The molecular weight excluding hydrogens is 346 g/mol. The van der Waals surface area contributed by atoms with Crippen LogP contribution in [-0.4, -0.2) is 43.4 Å². The van der Waals surface area contributed by atoms with Gasteiger partial charge in [0.25, 0.3) is 0 Å². The van der Waals surface area contributed by atoms with Crippen molar-refractivity contribution in [1.29, 1.82) is 0 Å². The minimum atomic E-state index is 0. The van der Waals surface area contributed by atoms with Crippen molar-refractivity contribution in [2.75, 3.05) is 13.1 Å². The normalized spacial score (nSPS) is 20.7. The molecule has 2 aliphatic rings. The molecule has 3 heterocycles. The predicted molar refractivity (Wildman–Crippen MR) is 108 cm³/mol. The van der Waals surface area contributed by atoms with Gasteiger partial charge < -0.3 is 4.57 Å². The van der Waals surface area contributed by atoms with Gasteiger partial charge in [-0.05, 0) is 45.7 Å². The molecule has 2 aromatic heterocycles. The molecule has 144 valence electrons. The Morgan fingerprint density at radius 1 is 1.04 bits per heavy atom. The Hall–Kier alpha value is -1.33. The number of hydrogen-bond donors (Lipinski definition) is 0. The van der Waals surface area contributed by atoms with Crippen LogP contribution in [0.2, 0.25) is 0 Å². The number of likely N-dealkylation sites (tertiary alicyclic amines) is 1. The fourth-order valence-corrected chi connectivity index (χ4v) is 4.48. The van der Waals surface area contributed by atoms with Crippen LogP contribution in [0.5, 0.6) is 0 Å². The first kappa shape index (κ1) is 19.4. The second-order valence-corrected chi connectivity index (χ2v) is 7.88. The van der Waals surface area contributed by atoms with Crippen LogP contribution >= 0.6 is 12.4 Å². The smallest absolute Gasteiger partial charge is 0.0951 e. The zero-order valence-electron chi connectivity index (χ0n) is 15.9. The van der Waals surface area contributed by atoms with Crippen molar-refractivity contribution in [3.05, 3.63) is 24.9 Å². The van der Waals surface area contributed by atoms with Crippen LogP contribution in [0.4, 0.5) is 0 Å². The maximum absolute atomic E-state index is 4.67. The minimum absolute atomic E-state index is 0. The summed E-state index contributed by atoms with van der Waals surface area (Å²) in [5.74, 6) is 0. The van der Waals surface area contributed by atoms with E-state index in [4.69, 9.17) is 0 Å². The largest absolute Gasteiger partial charge is 0.329 e. The fourth-order valence-electron chi connectivity index (χ4n) is 4.48. The van der Waals surface area contributed by atoms with E-state index >= 15 is 0 Å². The molecule has 1 unspecified atom stereocenters. The SMILES string of the molecule is CC(Cn1cncc1-c1cnn(C2CCCCC2)c1)N1CCCCC1.Cl. The van der Waals surface area contributed by atoms with E-state index in [9.17, 15) is 0 Å². The fraction of sp³-hybridized carbons (Fsp3) is 0.700. The summed E-state index contributed by atoms with van der Waals surface area (Å²) in [6.07, 6.45) is 18.9. The lowest BCUT2D eigenvalue weighted by molar-refractivity contribution is 0.160. The van der Waals surface area contributed by atoms with E-state index in [1.807, 2.05) is 18.7 Å². The molecule has 1 aliphatic carbocycles. The average molecular weight is 378 g/mol. The second-order valence-electron chi connectivity index (χ2n) is 7.88.